The lowest BCUT2D eigenvalue weighted by Gasteiger charge is -2.17. The normalized spacial score (nSPS) is 13.0. The van der Waals surface area contributed by atoms with E-state index in [0.717, 1.165) is 22.3 Å². The number of thiazole rings is 1. The van der Waals surface area contributed by atoms with Crippen LogP contribution in [0.4, 0.5) is 13.2 Å². The van der Waals surface area contributed by atoms with Crippen LogP contribution < -0.4 is 10.6 Å². The number of nitrogens with one attached hydrogen (secondary N) is 2. The molecule has 0 saturated heterocycles. The Morgan fingerprint density at radius 3 is 2.52 bits per heavy atom. The average molecular weight is 514 g/mol. The number of aliphatic hydroxyl groups is 1. The van der Waals surface area contributed by atoms with Crippen molar-refractivity contribution < 1.29 is 18.3 Å². The van der Waals surface area contributed by atoms with E-state index in [1.165, 1.54) is 0 Å². The number of halogens is 4. The van der Waals surface area contributed by atoms with E-state index in [4.69, 9.17) is 0 Å². The Balaban J connectivity index is 0.00000364. The fourth-order valence-corrected chi connectivity index (χ4v) is 2.96. The molecule has 27 heavy (non-hydrogen) atoms. The molecule has 1 aromatic carbocycles. The highest BCUT2D eigenvalue weighted by Gasteiger charge is 2.33. The number of aromatic nitrogens is 1. The SMILES string of the molecule is CCNC(=NCc1nc(C(F)(F)F)cs1)NCC(CO)c1ccccc1.I. The van der Waals surface area contributed by atoms with Gasteiger partial charge in [0.25, 0.3) is 0 Å². The molecule has 1 atom stereocenters. The molecule has 0 fully saturated rings. The minimum Gasteiger partial charge on any atom is -0.396 e. The van der Waals surface area contributed by atoms with Crippen molar-refractivity contribution in [1.82, 2.24) is 15.6 Å². The second-order valence-electron chi connectivity index (χ2n) is 5.49. The van der Waals surface area contributed by atoms with Crippen molar-refractivity contribution in [2.75, 3.05) is 19.7 Å². The standard InChI is InChI=1S/C17H21F3N4OS.HI/c1-2-21-16(22-8-13(10-25)12-6-4-3-5-7-12)23-9-15-24-14(11-26-15)17(18,19)20;/h3-7,11,13,25H,2,8-10H2,1H3,(H2,21,22,23);1H. The summed E-state index contributed by atoms with van der Waals surface area (Å²) in [6.07, 6.45) is -4.44. The molecule has 1 aromatic heterocycles. The number of aliphatic imine (C=N–C) groups is 1. The molecule has 0 amide bonds. The molecule has 0 radical (unpaired) electrons. The van der Waals surface area contributed by atoms with Gasteiger partial charge in [0.05, 0.1) is 13.2 Å². The van der Waals surface area contributed by atoms with Crippen molar-refractivity contribution in [2.45, 2.75) is 25.6 Å². The van der Waals surface area contributed by atoms with Gasteiger partial charge in [-0.05, 0) is 12.5 Å². The van der Waals surface area contributed by atoms with Crippen molar-refractivity contribution in [3.8, 4) is 0 Å². The molecule has 3 N–H and O–H groups in total. The Kier molecular flexibility index (Phi) is 10.0. The number of benzene rings is 1. The zero-order chi connectivity index (χ0) is 19.0. The first-order chi connectivity index (χ1) is 12.4. The van der Waals surface area contributed by atoms with Gasteiger partial charge in [0.2, 0.25) is 0 Å². The predicted octanol–water partition coefficient (Wildman–Crippen LogP) is 3.61. The predicted molar refractivity (Wildman–Crippen MR) is 112 cm³/mol. The maximum atomic E-state index is 12.6. The smallest absolute Gasteiger partial charge is 0.396 e. The molecule has 2 aromatic rings. The van der Waals surface area contributed by atoms with Gasteiger partial charge in [-0.3, -0.25) is 0 Å². The van der Waals surface area contributed by atoms with Crippen LogP contribution in [0.5, 0.6) is 0 Å². The Labute approximate surface area is 177 Å². The minimum atomic E-state index is -4.44. The molecule has 1 unspecified atom stereocenters. The van der Waals surface area contributed by atoms with E-state index >= 15 is 0 Å². The summed E-state index contributed by atoms with van der Waals surface area (Å²) in [6.45, 7) is 2.96. The van der Waals surface area contributed by atoms with E-state index in [1.807, 2.05) is 37.3 Å². The number of guanidine groups is 1. The van der Waals surface area contributed by atoms with Crippen LogP contribution in [0.2, 0.25) is 0 Å². The summed E-state index contributed by atoms with van der Waals surface area (Å²) >= 11 is 0.929. The van der Waals surface area contributed by atoms with Gasteiger partial charge in [-0.25, -0.2) is 9.98 Å². The number of aliphatic hydroxyl groups excluding tert-OH is 1. The molecule has 5 nitrogen and oxygen atoms in total. The van der Waals surface area contributed by atoms with E-state index in [2.05, 4.69) is 20.6 Å². The van der Waals surface area contributed by atoms with Gasteiger partial charge < -0.3 is 15.7 Å². The van der Waals surface area contributed by atoms with Gasteiger partial charge in [0, 0.05) is 24.4 Å². The van der Waals surface area contributed by atoms with Gasteiger partial charge in [0.1, 0.15) is 5.01 Å². The van der Waals surface area contributed by atoms with Crippen molar-refractivity contribution in [3.05, 3.63) is 52.0 Å². The van der Waals surface area contributed by atoms with Crippen LogP contribution in [-0.2, 0) is 12.7 Å². The van der Waals surface area contributed by atoms with Crippen molar-refractivity contribution in [2.24, 2.45) is 4.99 Å². The zero-order valence-corrected chi connectivity index (χ0v) is 17.8. The number of hydrogen-bond acceptors (Lipinski definition) is 4. The molecule has 0 aliphatic heterocycles. The first-order valence-corrected chi connectivity index (χ1v) is 9.01. The van der Waals surface area contributed by atoms with Gasteiger partial charge >= 0.3 is 6.18 Å². The van der Waals surface area contributed by atoms with Crippen LogP contribution in [0.15, 0.2) is 40.7 Å². The summed E-state index contributed by atoms with van der Waals surface area (Å²) in [7, 11) is 0. The molecule has 2 rings (SSSR count). The Morgan fingerprint density at radius 1 is 1.26 bits per heavy atom. The molecule has 0 bridgehead atoms. The molecule has 1 heterocycles. The van der Waals surface area contributed by atoms with Gasteiger partial charge in [-0.15, -0.1) is 35.3 Å². The molecule has 0 aliphatic carbocycles. The van der Waals surface area contributed by atoms with Crippen LogP contribution in [0.25, 0.3) is 0 Å². The third-order valence-corrected chi connectivity index (χ3v) is 4.40. The lowest BCUT2D eigenvalue weighted by Crippen LogP contribution is -2.39. The summed E-state index contributed by atoms with van der Waals surface area (Å²) in [5.41, 5.74) is 0.100. The lowest BCUT2D eigenvalue weighted by atomic mass is 10.0. The highest BCUT2D eigenvalue weighted by Crippen LogP contribution is 2.30. The fourth-order valence-electron chi connectivity index (χ4n) is 2.24. The first-order valence-electron chi connectivity index (χ1n) is 8.13. The van der Waals surface area contributed by atoms with E-state index in [9.17, 15) is 18.3 Å². The van der Waals surface area contributed by atoms with Crippen LogP contribution in [0.1, 0.15) is 29.1 Å². The van der Waals surface area contributed by atoms with Crippen LogP contribution in [-0.4, -0.2) is 35.7 Å². The fraction of sp³-hybridized carbons (Fsp3) is 0.412. The third kappa shape index (κ3) is 7.62. The number of alkyl halides is 3. The van der Waals surface area contributed by atoms with Gasteiger partial charge in [-0.1, -0.05) is 30.3 Å². The average Bonchev–Trinajstić information content (AvgIpc) is 3.10. The lowest BCUT2D eigenvalue weighted by molar-refractivity contribution is -0.140. The minimum absolute atomic E-state index is 0. The Morgan fingerprint density at radius 2 is 1.96 bits per heavy atom. The van der Waals surface area contributed by atoms with Gasteiger partial charge in [-0.2, -0.15) is 13.2 Å². The number of nitrogens with zero attached hydrogens (tertiary/aromatic N) is 2. The van der Waals surface area contributed by atoms with Crippen molar-refractivity contribution in [3.63, 3.8) is 0 Å². The van der Waals surface area contributed by atoms with E-state index in [1.54, 1.807) is 0 Å². The highest BCUT2D eigenvalue weighted by atomic mass is 127. The highest BCUT2D eigenvalue weighted by molar-refractivity contribution is 14.0. The molecule has 0 saturated carbocycles. The Bertz CT molecular complexity index is 710. The molecule has 10 heteroatoms. The topological polar surface area (TPSA) is 69.5 Å². The van der Waals surface area contributed by atoms with Crippen LogP contribution >= 0.6 is 35.3 Å². The maximum Gasteiger partial charge on any atom is 0.434 e. The van der Waals surface area contributed by atoms with Crippen LogP contribution in [0, 0.1) is 0 Å². The quantitative estimate of drug-likeness (QED) is 0.300. The maximum absolute atomic E-state index is 12.6. The molecular formula is C17H22F3IN4OS. The summed E-state index contributed by atoms with van der Waals surface area (Å²) in [6, 6.07) is 9.57. The van der Waals surface area contributed by atoms with Crippen LogP contribution in [0.3, 0.4) is 0 Å². The number of hydrogen-bond donors (Lipinski definition) is 3. The van der Waals surface area contributed by atoms with Crippen molar-refractivity contribution >= 4 is 41.3 Å². The first kappa shape index (κ1) is 23.6. The second-order valence-corrected chi connectivity index (χ2v) is 6.43. The summed E-state index contributed by atoms with van der Waals surface area (Å²) in [5.74, 6) is 0.349. The zero-order valence-electron chi connectivity index (χ0n) is 14.7. The molecular weight excluding hydrogens is 492 g/mol. The van der Waals surface area contributed by atoms with E-state index in [-0.39, 0.29) is 48.1 Å². The third-order valence-electron chi connectivity index (χ3n) is 3.57. The van der Waals surface area contributed by atoms with Gasteiger partial charge in [0.15, 0.2) is 11.7 Å². The van der Waals surface area contributed by atoms with E-state index < -0.39 is 11.9 Å². The molecule has 0 spiro atoms. The largest absolute Gasteiger partial charge is 0.434 e. The summed E-state index contributed by atoms with van der Waals surface area (Å²) < 4.78 is 37.8. The second kappa shape index (κ2) is 11.4. The summed E-state index contributed by atoms with van der Waals surface area (Å²) in [4.78, 5) is 7.84. The summed E-state index contributed by atoms with van der Waals surface area (Å²) in [5, 5.41) is 17.0. The Hall–Kier alpha value is -1.40. The van der Waals surface area contributed by atoms with E-state index in [0.29, 0.717) is 19.0 Å². The monoisotopic (exact) mass is 514 g/mol. The van der Waals surface area contributed by atoms with Crippen molar-refractivity contribution in [1.29, 1.82) is 0 Å². The molecule has 150 valence electrons. The number of rotatable bonds is 7. The molecule has 0 aliphatic rings.